The number of rotatable bonds is 5. The average Bonchev–Trinajstić information content (AvgIpc) is 3.18. The van der Waals surface area contributed by atoms with E-state index in [0.717, 1.165) is 12.3 Å². The Morgan fingerprint density at radius 2 is 2.03 bits per heavy atom. The van der Waals surface area contributed by atoms with Gasteiger partial charge in [-0.15, -0.1) is 0 Å². The molecule has 0 radical (unpaired) electrons. The summed E-state index contributed by atoms with van der Waals surface area (Å²) in [5.41, 5.74) is 0.379. The molecule has 1 saturated heterocycles. The number of amides is 3. The van der Waals surface area contributed by atoms with Gasteiger partial charge in [-0.3, -0.25) is 15.0 Å². The van der Waals surface area contributed by atoms with Gasteiger partial charge >= 0.3 is 12.2 Å². The summed E-state index contributed by atoms with van der Waals surface area (Å²) >= 11 is 0. The van der Waals surface area contributed by atoms with E-state index in [0.29, 0.717) is 25.2 Å². The van der Waals surface area contributed by atoms with Gasteiger partial charge in [0.15, 0.2) is 5.82 Å². The number of hydrogen-bond donors (Lipinski definition) is 2. The first kappa shape index (κ1) is 22.4. The maximum Gasteiger partial charge on any atom is 0.400 e. The standard InChI is InChI=1S/C20H18F4N6O3/c21-12-1-4-16(25-8-12)28-19(33)30-13-5-6-29(9-13)15-3-2-14(27-17(15)30)18(32)26-7-11(10-31)20(22,23)24/h1-4,8,10-11,13H,5-7,9H2,(H,26,32)(H,25,28,33)/t11-,13?/m0/s1. The van der Waals surface area contributed by atoms with Gasteiger partial charge in [0.25, 0.3) is 5.91 Å². The van der Waals surface area contributed by atoms with E-state index < -0.39 is 36.4 Å². The van der Waals surface area contributed by atoms with Crippen LogP contribution in [0.1, 0.15) is 16.9 Å². The van der Waals surface area contributed by atoms with Gasteiger partial charge in [0.2, 0.25) is 0 Å². The lowest BCUT2D eigenvalue weighted by atomic mass is 10.1. The van der Waals surface area contributed by atoms with Gasteiger partial charge in [-0.05, 0) is 30.7 Å². The smallest absolute Gasteiger partial charge is 0.366 e. The average molecular weight is 466 g/mol. The highest BCUT2D eigenvalue weighted by Gasteiger charge is 2.41. The Morgan fingerprint density at radius 3 is 2.70 bits per heavy atom. The largest absolute Gasteiger partial charge is 0.400 e. The number of hydrogen-bond acceptors (Lipinski definition) is 6. The molecule has 0 aliphatic carbocycles. The van der Waals surface area contributed by atoms with Crippen molar-refractivity contribution in [1.82, 2.24) is 15.3 Å². The molecule has 2 aromatic rings. The molecule has 9 nitrogen and oxygen atoms in total. The minimum absolute atomic E-state index is 0.115. The van der Waals surface area contributed by atoms with Gasteiger partial charge in [-0.2, -0.15) is 13.2 Å². The van der Waals surface area contributed by atoms with Gasteiger partial charge in [-0.1, -0.05) is 0 Å². The summed E-state index contributed by atoms with van der Waals surface area (Å²) in [6, 6.07) is 4.49. The SMILES string of the molecule is O=C[C@H](CNC(=O)c1ccc2c(n1)N(C(=O)Nc1ccc(F)cn1)C1CCN2C1)C(F)(F)F. The fourth-order valence-corrected chi connectivity index (χ4v) is 3.75. The molecular weight excluding hydrogens is 448 g/mol. The van der Waals surface area contributed by atoms with E-state index in [2.05, 4.69) is 20.6 Å². The first-order chi connectivity index (χ1) is 15.7. The molecule has 2 aromatic heterocycles. The molecule has 2 N–H and O–H groups in total. The Morgan fingerprint density at radius 1 is 1.24 bits per heavy atom. The second kappa shape index (κ2) is 8.64. The lowest BCUT2D eigenvalue weighted by molar-refractivity contribution is -0.172. The second-order valence-corrected chi connectivity index (χ2v) is 7.58. The first-order valence-corrected chi connectivity index (χ1v) is 9.95. The van der Waals surface area contributed by atoms with Crippen molar-refractivity contribution in [2.24, 2.45) is 5.92 Å². The van der Waals surface area contributed by atoms with Crippen molar-refractivity contribution in [3.05, 3.63) is 42.0 Å². The molecule has 2 aliphatic heterocycles. The molecule has 13 heteroatoms. The number of nitrogens with zero attached hydrogens (tertiary/aromatic N) is 4. The fraction of sp³-hybridized carbons (Fsp3) is 0.350. The third-order valence-corrected chi connectivity index (χ3v) is 5.43. The van der Waals surface area contributed by atoms with Crippen LogP contribution in [0.5, 0.6) is 0 Å². The molecular formula is C20H18F4N6O3. The van der Waals surface area contributed by atoms with Crippen molar-refractivity contribution >= 4 is 35.5 Å². The molecule has 0 saturated carbocycles. The minimum Gasteiger partial charge on any atom is -0.366 e. The van der Waals surface area contributed by atoms with Crippen molar-refractivity contribution in [1.29, 1.82) is 0 Å². The summed E-state index contributed by atoms with van der Waals surface area (Å²) in [6.07, 6.45) is -3.48. The molecule has 1 unspecified atom stereocenters. The molecule has 4 rings (SSSR count). The normalized spacial score (nSPS) is 17.9. The molecule has 174 valence electrons. The van der Waals surface area contributed by atoms with E-state index in [-0.39, 0.29) is 29.7 Å². The van der Waals surface area contributed by atoms with Crippen LogP contribution in [0.4, 0.5) is 39.7 Å². The number of anilines is 3. The number of pyridine rings is 2. The van der Waals surface area contributed by atoms with Crippen molar-refractivity contribution in [3.63, 3.8) is 0 Å². The highest BCUT2D eigenvalue weighted by molar-refractivity contribution is 6.05. The Bertz CT molecular complexity index is 1080. The molecule has 2 atom stereocenters. The number of carbonyl (C=O) groups excluding carboxylic acids is 3. The van der Waals surface area contributed by atoms with Crippen LogP contribution in [-0.4, -0.2) is 60.0 Å². The zero-order chi connectivity index (χ0) is 23.8. The summed E-state index contributed by atoms with van der Waals surface area (Å²) in [5.74, 6) is -3.54. The predicted molar refractivity (Wildman–Crippen MR) is 108 cm³/mol. The lowest BCUT2D eigenvalue weighted by Gasteiger charge is -2.35. The number of alkyl halides is 3. The van der Waals surface area contributed by atoms with Gasteiger partial charge in [0.1, 0.15) is 29.5 Å². The fourth-order valence-electron chi connectivity index (χ4n) is 3.75. The zero-order valence-corrected chi connectivity index (χ0v) is 17.0. The van der Waals surface area contributed by atoms with Gasteiger partial charge in [0, 0.05) is 19.6 Å². The highest BCUT2D eigenvalue weighted by Crippen LogP contribution is 2.39. The molecule has 2 bridgehead atoms. The number of halogens is 4. The van der Waals surface area contributed by atoms with Gasteiger partial charge in [-0.25, -0.2) is 19.2 Å². The topological polar surface area (TPSA) is 108 Å². The van der Waals surface area contributed by atoms with E-state index in [1.54, 1.807) is 6.07 Å². The third kappa shape index (κ3) is 4.56. The number of carbonyl (C=O) groups is 3. The van der Waals surface area contributed by atoms with Crippen molar-refractivity contribution in [3.8, 4) is 0 Å². The van der Waals surface area contributed by atoms with Crippen LogP contribution in [0, 0.1) is 11.7 Å². The molecule has 33 heavy (non-hydrogen) atoms. The number of fused-ring (bicyclic) bond motifs is 4. The number of aldehydes is 1. The molecule has 2 aliphatic rings. The molecule has 4 heterocycles. The van der Waals surface area contributed by atoms with Crippen molar-refractivity contribution in [2.75, 3.05) is 34.8 Å². The van der Waals surface area contributed by atoms with E-state index in [9.17, 15) is 31.9 Å². The molecule has 1 fully saturated rings. The van der Waals surface area contributed by atoms with Crippen LogP contribution in [0.2, 0.25) is 0 Å². The monoisotopic (exact) mass is 466 g/mol. The Balaban J connectivity index is 1.57. The quantitative estimate of drug-likeness (QED) is 0.518. The molecule has 0 aromatic carbocycles. The summed E-state index contributed by atoms with van der Waals surface area (Å²) in [7, 11) is 0. The lowest BCUT2D eigenvalue weighted by Crippen LogP contribution is -2.48. The van der Waals surface area contributed by atoms with E-state index >= 15 is 0 Å². The summed E-state index contributed by atoms with van der Waals surface area (Å²) in [4.78, 5) is 47.5. The summed E-state index contributed by atoms with van der Waals surface area (Å²) in [5, 5.41) is 4.62. The van der Waals surface area contributed by atoms with E-state index in [1.165, 1.54) is 17.0 Å². The molecule has 3 amide bonds. The highest BCUT2D eigenvalue weighted by atomic mass is 19.4. The van der Waals surface area contributed by atoms with Crippen LogP contribution in [0.3, 0.4) is 0 Å². The Kier molecular flexibility index (Phi) is 5.87. The van der Waals surface area contributed by atoms with Crippen LogP contribution in [0.15, 0.2) is 30.5 Å². The van der Waals surface area contributed by atoms with Crippen molar-refractivity contribution in [2.45, 2.75) is 18.6 Å². The number of urea groups is 1. The van der Waals surface area contributed by atoms with Crippen LogP contribution < -0.4 is 20.4 Å². The third-order valence-electron chi connectivity index (χ3n) is 5.43. The second-order valence-electron chi connectivity index (χ2n) is 7.58. The maximum atomic E-state index is 13.1. The predicted octanol–water partition coefficient (Wildman–Crippen LogP) is 2.35. The maximum absolute atomic E-state index is 13.1. The minimum atomic E-state index is -4.78. The molecule has 0 spiro atoms. The van der Waals surface area contributed by atoms with Gasteiger partial charge < -0.3 is 15.0 Å². The Labute approximate surface area is 184 Å². The van der Waals surface area contributed by atoms with E-state index in [4.69, 9.17) is 0 Å². The number of nitrogens with one attached hydrogen (secondary N) is 2. The zero-order valence-electron chi connectivity index (χ0n) is 17.0. The van der Waals surface area contributed by atoms with Crippen LogP contribution >= 0.6 is 0 Å². The van der Waals surface area contributed by atoms with Gasteiger partial charge in [0.05, 0.1) is 17.9 Å². The van der Waals surface area contributed by atoms with Crippen molar-refractivity contribution < 1.29 is 31.9 Å². The number of aromatic nitrogens is 2. The first-order valence-electron chi connectivity index (χ1n) is 9.95. The summed E-state index contributed by atoms with van der Waals surface area (Å²) in [6.45, 7) is 0.257. The van der Waals surface area contributed by atoms with Crippen LogP contribution in [-0.2, 0) is 4.79 Å². The Hall–Kier alpha value is -3.77. The van der Waals surface area contributed by atoms with E-state index in [1.807, 2.05) is 4.90 Å². The van der Waals surface area contributed by atoms with Crippen LogP contribution in [0.25, 0.3) is 0 Å². The summed E-state index contributed by atoms with van der Waals surface area (Å²) < 4.78 is 51.4.